The van der Waals surface area contributed by atoms with Crippen molar-refractivity contribution in [2.45, 2.75) is 13.3 Å². The quantitative estimate of drug-likeness (QED) is 0.784. The molecule has 0 aliphatic heterocycles. The Hall–Kier alpha value is -1.43. The number of hydrogen-bond acceptors (Lipinski definition) is 6. The molecule has 2 rings (SSSR count). The highest BCUT2D eigenvalue weighted by atomic mass is 32.1. The lowest BCUT2D eigenvalue weighted by molar-refractivity contribution is 0.422. The summed E-state index contributed by atoms with van der Waals surface area (Å²) >= 11 is 1.35. The van der Waals surface area contributed by atoms with Crippen LogP contribution in [0.15, 0.2) is 9.90 Å². The first-order valence-electron chi connectivity index (χ1n) is 3.83. The van der Waals surface area contributed by atoms with Crippen LogP contribution in [-0.2, 0) is 6.42 Å². The smallest absolute Gasteiger partial charge is 0.277 e. The second kappa shape index (κ2) is 3.14. The molecule has 5 nitrogen and oxygen atoms in total. The Morgan fingerprint density at radius 3 is 2.92 bits per heavy atom. The van der Waals surface area contributed by atoms with Gasteiger partial charge in [-0.05, 0) is 0 Å². The summed E-state index contributed by atoms with van der Waals surface area (Å²) in [6.45, 7) is 1.96. The monoisotopic (exact) mass is 196 g/mol. The number of nitrogens with two attached hydrogens (primary N) is 1. The van der Waals surface area contributed by atoms with E-state index in [1.165, 1.54) is 11.3 Å². The van der Waals surface area contributed by atoms with Gasteiger partial charge in [0.1, 0.15) is 5.69 Å². The van der Waals surface area contributed by atoms with Crippen LogP contribution in [0.25, 0.3) is 11.6 Å². The Morgan fingerprint density at radius 1 is 1.54 bits per heavy atom. The van der Waals surface area contributed by atoms with Crippen molar-refractivity contribution < 1.29 is 4.52 Å². The van der Waals surface area contributed by atoms with Crippen LogP contribution < -0.4 is 5.73 Å². The van der Waals surface area contributed by atoms with Gasteiger partial charge in [-0.2, -0.15) is 4.98 Å². The van der Waals surface area contributed by atoms with Crippen molar-refractivity contribution in [3.05, 3.63) is 11.2 Å². The highest BCUT2D eigenvalue weighted by Crippen LogP contribution is 2.21. The maximum atomic E-state index is 5.47. The molecule has 2 N–H and O–H groups in total. The van der Waals surface area contributed by atoms with Crippen molar-refractivity contribution in [1.82, 2.24) is 15.1 Å². The molecule has 0 atom stereocenters. The lowest BCUT2D eigenvalue weighted by Gasteiger charge is -1.82. The first kappa shape index (κ1) is 8.18. The van der Waals surface area contributed by atoms with Gasteiger partial charge in [-0.15, -0.1) is 11.3 Å². The normalized spacial score (nSPS) is 10.5. The summed E-state index contributed by atoms with van der Waals surface area (Å²) in [7, 11) is 0. The molecule has 0 saturated heterocycles. The van der Waals surface area contributed by atoms with Crippen LogP contribution in [0.1, 0.15) is 12.7 Å². The zero-order chi connectivity index (χ0) is 9.26. The first-order valence-corrected chi connectivity index (χ1v) is 4.71. The summed E-state index contributed by atoms with van der Waals surface area (Å²) in [6.07, 6.45) is 0.753. The molecule has 0 radical (unpaired) electrons. The molecule has 0 aromatic carbocycles. The molecule has 13 heavy (non-hydrogen) atoms. The molecule has 0 aliphatic carbocycles. The van der Waals surface area contributed by atoms with Crippen molar-refractivity contribution in [3.63, 3.8) is 0 Å². The largest absolute Gasteiger partial charge is 0.375 e. The van der Waals surface area contributed by atoms with E-state index in [2.05, 4.69) is 15.1 Å². The number of rotatable bonds is 2. The van der Waals surface area contributed by atoms with E-state index in [0.29, 0.717) is 22.5 Å². The van der Waals surface area contributed by atoms with Gasteiger partial charge in [-0.1, -0.05) is 12.1 Å². The minimum Gasteiger partial charge on any atom is -0.375 e. The highest BCUT2D eigenvalue weighted by molar-refractivity contribution is 7.13. The summed E-state index contributed by atoms with van der Waals surface area (Å²) < 4.78 is 4.98. The summed E-state index contributed by atoms with van der Waals surface area (Å²) in [5.74, 6) is 1.12. The number of aromatic nitrogens is 3. The molecule has 0 bridgehead atoms. The second-order valence-electron chi connectivity index (χ2n) is 2.44. The lowest BCUT2D eigenvalue weighted by Crippen LogP contribution is -1.84. The molecule has 2 aromatic heterocycles. The number of anilines is 1. The van der Waals surface area contributed by atoms with Crippen molar-refractivity contribution in [1.29, 1.82) is 0 Å². The zero-order valence-electron chi connectivity index (χ0n) is 7.02. The average molecular weight is 196 g/mol. The summed E-state index contributed by atoms with van der Waals surface area (Å²) in [6, 6.07) is 0. The predicted octanol–water partition coefficient (Wildman–Crippen LogP) is 1.34. The summed E-state index contributed by atoms with van der Waals surface area (Å²) in [5.41, 5.74) is 6.12. The Kier molecular flexibility index (Phi) is 1.97. The molecular weight excluding hydrogens is 188 g/mol. The fraction of sp³-hybridized carbons (Fsp3) is 0.286. The standard InChI is InChI=1S/C7H8N4OS/c1-2-5-10-6(12-11-5)4-3-13-7(8)9-4/h3H,2H2,1H3,(H2,8,9). The van der Waals surface area contributed by atoms with E-state index >= 15 is 0 Å². The Labute approximate surface area is 78.6 Å². The minimum absolute atomic E-state index is 0.435. The van der Waals surface area contributed by atoms with E-state index in [4.69, 9.17) is 10.3 Å². The predicted molar refractivity (Wildman–Crippen MR) is 49.2 cm³/mol. The zero-order valence-corrected chi connectivity index (χ0v) is 7.84. The van der Waals surface area contributed by atoms with E-state index in [-0.39, 0.29) is 0 Å². The molecule has 2 heterocycles. The molecule has 0 saturated carbocycles. The fourth-order valence-electron chi connectivity index (χ4n) is 0.887. The Morgan fingerprint density at radius 2 is 2.38 bits per heavy atom. The van der Waals surface area contributed by atoms with Gasteiger partial charge in [0, 0.05) is 11.8 Å². The van der Waals surface area contributed by atoms with E-state index < -0.39 is 0 Å². The van der Waals surface area contributed by atoms with Crippen molar-refractivity contribution >= 4 is 16.5 Å². The van der Waals surface area contributed by atoms with Crippen LogP contribution in [0, 0.1) is 0 Å². The molecule has 6 heteroatoms. The average Bonchev–Trinajstić information content (AvgIpc) is 2.71. The third-order valence-corrected chi connectivity index (χ3v) is 2.20. The maximum Gasteiger partial charge on any atom is 0.277 e. The minimum atomic E-state index is 0.435. The molecule has 0 aliphatic rings. The lowest BCUT2D eigenvalue weighted by atomic mass is 10.4. The second-order valence-corrected chi connectivity index (χ2v) is 3.33. The van der Waals surface area contributed by atoms with Crippen molar-refractivity contribution in [2.75, 3.05) is 5.73 Å². The number of hydrogen-bond donors (Lipinski definition) is 1. The van der Waals surface area contributed by atoms with Gasteiger partial charge >= 0.3 is 0 Å². The van der Waals surface area contributed by atoms with Crippen LogP contribution in [-0.4, -0.2) is 15.1 Å². The SMILES string of the molecule is CCc1noc(-c2csc(N)n2)n1. The van der Waals surface area contributed by atoms with Gasteiger partial charge in [0.05, 0.1) is 0 Å². The van der Waals surface area contributed by atoms with Crippen LogP contribution in [0.4, 0.5) is 5.13 Å². The molecule has 68 valence electrons. The van der Waals surface area contributed by atoms with Gasteiger partial charge in [-0.25, -0.2) is 4.98 Å². The van der Waals surface area contributed by atoms with Crippen LogP contribution in [0.3, 0.4) is 0 Å². The summed E-state index contributed by atoms with van der Waals surface area (Å²) in [4.78, 5) is 8.15. The molecule has 0 amide bonds. The van der Waals surface area contributed by atoms with Crippen LogP contribution in [0.2, 0.25) is 0 Å². The van der Waals surface area contributed by atoms with Gasteiger partial charge in [0.15, 0.2) is 11.0 Å². The van der Waals surface area contributed by atoms with Crippen molar-refractivity contribution in [2.24, 2.45) is 0 Å². The van der Waals surface area contributed by atoms with Crippen LogP contribution >= 0.6 is 11.3 Å². The van der Waals surface area contributed by atoms with E-state index in [1.807, 2.05) is 6.92 Å². The number of aryl methyl sites for hydroxylation is 1. The van der Waals surface area contributed by atoms with Crippen LogP contribution in [0.5, 0.6) is 0 Å². The number of nitrogen functional groups attached to an aromatic ring is 1. The first-order chi connectivity index (χ1) is 6.29. The van der Waals surface area contributed by atoms with E-state index in [1.54, 1.807) is 5.38 Å². The Bertz CT molecular complexity index is 408. The van der Waals surface area contributed by atoms with Gasteiger partial charge in [0.2, 0.25) is 0 Å². The summed E-state index contributed by atoms with van der Waals surface area (Å²) in [5, 5.41) is 6.06. The molecular formula is C7H8N4OS. The van der Waals surface area contributed by atoms with Gasteiger partial charge in [-0.3, -0.25) is 0 Å². The van der Waals surface area contributed by atoms with Gasteiger partial charge < -0.3 is 10.3 Å². The van der Waals surface area contributed by atoms with E-state index in [0.717, 1.165) is 6.42 Å². The Balaban J connectivity index is 2.35. The number of nitrogens with zero attached hydrogens (tertiary/aromatic N) is 3. The topological polar surface area (TPSA) is 77.8 Å². The van der Waals surface area contributed by atoms with Crippen molar-refractivity contribution in [3.8, 4) is 11.6 Å². The fourth-order valence-corrected chi connectivity index (χ4v) is 1.42. The molecule has 0 fully saturated rings. The van der Waals surface area contributed by atoms with Gasteiger partial charge in [0.25, 0.3) is 5.89 Å². The molecule has 0 unspecified atom stereocenters. The third kappa shape index (κ3) is 1.52. The van der Waals surface area contributed by atoms with E-state index in [9.17, 15) is 0 Å². The third-order valence-electron chi connectivity index (χ3n) is 1.53. The number of thiazole rings is 1. The highest BCUT2D eigenvalue weighted by Gasteiger charge is 2.10. The molecule has 2 aromatic rings. The molecule has 0 spiro atoms. The maximum absolute atomic E-state index is 5.47.